The van der Waals surface area contributed by atoms with Crippen molar-refractivity contribution in [1.29, 1.82) is 5.26 Å². The van der Waals surface area contributed by atoms with E-state index < -0.39 is 12.9 Å². The Hall–Kier alpha value is -1.38. The van der Waals surface area contributed by atoms with E-state index in [2.05, 4.69) is 0 Å². The lowest BCUT2D eigenvalue weighted by Crippen LogP contribution is -2.30. The van der Waals surface area contributed by atoms with Crippen molar-refractivity contribution in [3.8, 4) is 6.07 Å². The highest BCUT2D eigenvalue weighted by Gasteiger charge is 2.12. The molecule has 0 aliphatic carbocycles. The molecule has 1 aromatic rings. The van der Waals surface area contributed by atoms with Crippen LogP contribution in [0.1, 0.15) is 12.0 Å². The summed E-state index contributed by atoms with van der Waals surface area (Å²) in [6.07, 6.45) is 0.585. The van der Waals surface area contributed by atoms with Crippen LogP contribution in [0.3, 0.4) is 0 Å². The first-order chi connectivity index (χ1) is 6.65. The van der Waals surface area contributed by atoms with E-state index in [1.54, 1.807) is 0 Å². The van der Waals surface area contributed by atoms with Gasteiger partial charge in [-0.05, 0) is 23.5 Å². The van der Waals surface area contributed by atoms with Crippen LogP contribution >= 0.6 is 0 Å². The van der Waals surface area contributed by atoms with E-state index in [1.807, 2.05) is 6.07 Å². The maximum absolute atomic E-state index is 13.2. The lowest BCUT2D eigenvalue weighted by atomic mass is 9.80. The molecule has 1 aromatic carbocycles. The second kappa shape index (κ2) is 4.75. The van der Waals surface area contributed by atoms with Crippen LogP contribution in [0.5, 0.6) is 0 Å². The Bertz CT molecular complexity index is 362. The van der Waals surface area contributed by atoms with Gasteiger partial charge in [-0.15, -0.1) is 0 Å². The van der Waals surface area contributed by atoms with Gasteiger partial charge >= 0.3 is 7.12 Å². The molecule has 0 fully saturated rings. The summed E-state index contributed by atoms with van der Waals surface area (Å²) < 4.78 is 13.2. The van der Waals surface area contributed by atoms with Crippen molar-refractivity contribution in [2.75, 3.05) is 0 Å². The molecular weight excluding hydrogens is 184 g/mol. The molecule has 0 amide bonds. The van der Waals surface area contributed by atoms with Gasteiger partial charge in [-0.2, -0.15) is 5.26 Å². The third-order valence-corrected chi connectivity index (χ3v) is 1.88. The molecular formula is C9H9BFNO2. The minimum absolute atomic E-state index is 0.114. The van der Waals surface area contributed by atoms with E-state index in [0.717, 1.165) is 6.07 Å². The van der Waals surface area contributed by atoms with Crippen LogP contribution in [0.2, 0.25) is 0 Å². The van der Waals surface area contributed by atoms with Gasteiger partial charge in [-0.25, -0.2) is 4.39 Å². The topological polar surface area (TPSA) is 64.2 Å². The molecule has 0 heterocycles. The minimum Gasteiger partial charge on any atom is -0.423 e. The van der Waals surface area contributed by atoms with Gasteiger partial charge in [0.25, 0.3) is 0 Å². The quantitative estimate of drug-likeness (QED) is 0.662. The number of nitrogens with zero attached hydrogens (tertiary/aromatic N) is 1. The summed E-state index contributed by atoms with van der Waals surface area (Å²) in [7, 11) is -1.66. The average molecular weight is 193 g/mol. The Morgan fingerprint density at radius 1 is 1.43 bits per heavy atom. The van der Waals surface area contributed by atoms with Crippen molar-refractivity contribution in [2.24, 2.45) is 0 Å². The zero-order valence-corrected chi connectivity index (χ0v) is 7.44. The van der Waals surface area contributed by atoms with Crippen molar-refractivity contribution in [3.05, 3.63) is 29.6 Å². The maximum Gasteiger partial charge on any atom is 0.488 e. The number of hydrogen-bond donors (Lipinski definition) is 2. The molecule has 0 unspecified atom stereocenters. The molecule has 0 aliphatic heterocycles. The van der Waals surface area contributed by atoms with Crippen molar-refractivity contribution in [2.45, 2.75) is 12.8 Å². The SMILES string of the molecule is N#CCCc1ccc(B(O)O)cc1F. The predicted octanol–water partition coefficient (Wildman–Crippen LogP) is -0.0383. The largest absolute Gasteiger partial charge is 0.488 e. The third-order valence-electron chi connectivity index (χ3n) is 1.88. The molecule has 14 heavy (non-hydrogen) atoms. The highest BCUT2D eigenvalue weighted by molar-refractivity contribution is 6.58. The zero-order chi connectivity index (χ0) is 10.6. The molecule has 0 spiro atoms. The molecule has 0 bridgehead atoms. The van der Waals surface area contributed by atoms with Crippen molar-refractivity contribution < 1.29 is 14.4 Å². The molecule has 0 saturated heterocycles. The molecule has 1 rings (SSSR count). The monoisotopic (exact) mass is 193 g/mol. The first-order valence-electron chi connectivity index (χ1n) is 4.16. The number of nitriles is 1. The highest BCUT2D eigenvalue weighted by atomic mass is 19.1. The Morgan fingerprint density at radius 3 is 2.64 bits per heavy atom. The highest BCUT2D eigenvalue weighted by Crippen LogP contribution is 2.07. The van der Waals surface area contributed by atoms with Gasteiger partial charge in [-0.1, -0.05) is 12.1 Å². The van der Waals surface area contributed by atoms with E-state index in [0.29, 0.717) is 12.0 Å². The third kappa shape index (κ3) is 2.56. The lowest BCUT2D eigenvalue weighted by Gasteiger charge is -2.03. The Balaban J connectivity index is 2.85. The van der Waals surface area contributed by atoms with Crippen LogP contribution in [-0.4, -0.2) is 17.2 Å². The van der Waals surface area contributed by atoms with Gasteiger partial charge in [0.2, 0.25) is 0 Å². The first kappa shape index (κ1) is 10.7. The smallest absolute Gasteiger partial charge is 0.423 e. The standard InChI is InChI=1S/C9H9BFNO2/c11-9-6-8(10(13)14)4-3-7(9)2-1-5-12/h3-4,6,13-14H,1-2H2. The van der Waals surface area contributed by atoms with Gasteiger partial charge in [-0.3, -0.25) is 0 Å². The normalized spacial score (nSPS) is 9.57. The molecule has 0 atom stereocenters. The lowest BCUT2D eigenvalue weighted by molar-refractivity contribution is 0.425. The number of halogens is 1. The van der Waals surface area contributed by atoms with Crippen molar-refractivity contribution in [3.63, 3.8) is 0 Å². The van der Waals surface area contributed by atoms with Crippen LogP contribution in [0.15, 0.2) is 18.2 Å². The molecule has 0 radical (unpaired) electrons. The fourth-order valence-corrected chi connectivity index (χ4v) is 1.12. The molecule has 5 heteroatoms. The summed E-state index contributed by atoms with van der Waals surface area (Å²) in [6.45, 7) is 0. The van der Waals surface area contributed by atoms with E-state index in [-0.39, 0.29) is 11.9 Å². The minimum atomic E-state index is -1.66. The van der Waals surface area contributed by atoms with Crippen LogP contribution < -0.4 is 5.46 Å². The van der Waals surface area contributed by atoms with Gasteiger partial charge in [0.1, 0.15) is 5.82 Å². The van der Waals surface area contributed by atoms with Crippen LogP contribution in [0.4, 0.5) is 4.39 Å². The summed E-state index contributed by atoms with van der Waals surface area (Å²) in [5, 5.41) is 25.8. The zero-order valence-electron chi connectivity index (χ0n) is 7.44. The summed E-state index contributed by atoms with van der Waals surface area (Å²) in [6, 6.07) is 5.87. The van der Waals surface area contributed by atoms with Gasteiger partial charge in [0.15, 0.2) is 0 Å². The Labute approximate surface area is 81.6 Å². The van der Waals surface area contributed by atoms with Crippen molar-refractivity contribution >= 4 is 12.6 Å². The molecule has 0 aromatic heterocycles. The Kier molecular flexibility index (Phi) is 3.63. The first-order valence-corrected chi connectivity index (χ1v) is 4.16. The maximum atomic E-state index is 13.2. The molecule has 72 valence electrons. The van der Waals surface area contributed by atoms with E-state index in [9.17, 15) is 4.39 Å². The summed E-state index contributed by atoms with van der Waals surface area (Å²) >= 11 is 0. The summed E-state index contributed by atoms with van der Waals surface area (Å²) in [5.74, 6) is -0.508. The molecule has 0 aliphatic rings. The Morgan fingerprint density at radius 2 is 2.14 bits per heavy atom. The van der Waals surface area contributed by atoms with Crippen LogP contribution in [-0.2, 0) is 6.42 Å². The van der Waals surface area contributed by atoms with Crippen LogP contribution in [0, 0.1) is 17.1 Å². The fraction of sp³-hybridized carbons (Fsp3) is 0.222. The average Bonchev–Trinajstić information content (AvgIpc) is 2.15. The summed E-state index contributed by atoms with van der Waals surface area (Å²) in [4.78, 5) is 0. The number of rotatable bonds is 3. The molecule has 0 saturated carbocycles. The van der Waals surface area contributed by atoms with Crippen LogP contribution in [0.25, 0.3) is 0 Å². The number of aryl methyl sites for hydroxylation is 1. The predicted molar refractivity (Wildman–Crippen MR) is 50.2 cm³/mol. The fourth-order valence-electron chi connectivity index (χ4n) is 1.12. The second-order valence-corrected chi connectivity index (χ2v) is 2.88. The van der Waals surface area contributed by atoms with Gasteiger partial charge in [0.05, 0.1) is 6.07 Å². The molecule has 3 nitrogen and oxygen atoms in total. The van der Waals surface area contributed by atoms with Gasteiger partial charge in [0, 0.05) is 6.42 Å². The van der Waals surface area contributed by atoms with Crippen molar-refractivity contribution in [1.82, 2.24) is 0 Å². The van der Waals surface area contributed by atoms with E-state index in [4.69, 9.17) is 15.3 Å². The number of hydrogen-bond acceptors (Lipinski definition) is 3. The van der Waals surface area contributed by atoms with E-state index in [1.165, 1.54) is 12.1 Å². The number of benzene rings is 1. The van der Waals surface area contributed by atoms with Gasteiger partial charge < -0.3 is 10.0 Å². The molecule has 2 N–H and O–H groups in total. The van der Waals surface area contributed by atoms with E-state index >= 15 is 0 Å². The summed E-state index contributed by atoms with van der Waals surface area (Å²) in [5.41, 5.74) is 0.527. The second-order valence-electron chi connectivity index (χ2n) is 2.88.